The molecule has 1 aliphatic rings. The Balaban J connectivity index is 1.81. The lowest BCUT2D eigenvalue weighted by atomic mass is 10.2. The quantitative estimate of drug-likeness (QED) is 0.930. The lowest BCUT2D eigenvalue weighted by molar-refractivity contribution is 0.297. The van der Waals surface area contributed by atoms with Gasteiger partial charge in [-0.3, -0.25) is 0 Å². The zero-order valence-electron chi connectivity index (χ0n) is 11.5. The molecular weight excluding hydrogens is 294 g/mol. The first-order chi connectivity index (χ1) is 10.3. The molecule has 7 heteroatoms. The summed E-state index contributed by atoms with van der Waals surface area (Å²) in [5.74, 6) is 1.28. The SMILES string of the molecule is OCCc1cn(Cc2cc(Cl)c3c(c2)OCCCO3)nn1. The van der Waals surface area contributed by atoms with Gasteiger partial charge in [0.2, 0.25) is 0 Å². The molecule has 1 aliphatic heterocycles. The Hall–Kier alpha value is -1.79. The van der Waals surface area contributed by atoms with E-state index in [1.54, 1.807) is 4.68 Å². The van der Waals surface area contributed by atoms with Crippen LogP contribution in [-0.2, 0) is 13.0 Å². The fourth-order valence-corrected chi connectivity index (χ4v) is 2.50. The predicted molar refractivity (Wildman–Crippen MR) is 77.0 cm³/mol. The van der Waals surface area contributed by atoms with Crippen molar-refractivity contribution in [2.24, 2.45) is 0 Å². The zero-order chi connectivity index (χ0) is 14.7. The number of hydrogen-bond donors (Lipinski definition) is 1. The molecule has 0 fully saturated rings. The van der Waals surface area contributed by atoms with Crippen LogP contribution in [0.5, 0.6) is 11.5 Å². The van der Waals surface area contributed by atoms with Gasteiger partial charge < -0.3 is 14.6 Å². The van der Waals surface area contributed by atoms with Crippen molar-refractivity contribution in [1.29, 1.82) is 0 Å². The Morgan fingerprint density at radius 2 is 2.14 bits per heavy atom. The first-order valence-corrected chi connectivity index (χ1v) is 7.22. The molecule has 2 heterocycles. The van der Waals surface area contributed by atoms with E-state index in [-0.39, 0.29) is 6.61 Å². The number of aromatic nitrogens is 3. The number of nitrogens with zero attached hydrogens (tertiary/aromatic N) is 3. The monoisotopic (exact) mass is 309 g/mol. The molecular formula is C14H16ClN3O3. The van der Waals surface area contributed by atoms with Gasteiger partial charge in [-0.2, -0.15) is 0 Å². The summed E-state index contributed by atoms with van der Waals surface area (Å²) >= 11 is 6.26. The van der Waals surface area contributed by atoms with E-state index in [1.165, 1.54) is 0 Å². The third-order valence-electron chi connectivity index (χ3n) is 3.16. The van der Waals surface area contributed by atoms with E-state index in [0.717, 1.165) is 17.7 Å². The van der Waals surface area contributed by atoms with Crippen LogP contribution in [0, 0.1) is 0 Å². The Kier molecular flexibility index (Phi) is 4.26. The van der Waals surface area contributed by atoms with Crippen LogP contribution in [0.25, 0.3) is 0 Å². The fraction of sp³-hybridized carbons (Fsp3) is 0.429. The summed E-state index contributed by atoms with van der Waals surface area (Å²) in [6.45, 7) is 1.83. The average molecular weight is 310 g/mol. The summed E-state index contributed by atoms with van der Waals surface area (Å²) in [7, 11) is 0. The van der Waals surface area contributed by atoms with Gasteiger partial charge in [0, 0.05) is 25.6 Å². The number of halogens is 1. The fourth-order valence-electron chi connectivity index (χ4n) is 2.21. The molecule has 1 aromatic carbocycles. The minimum absolute atomic E-state index is 0.0640. The highest BCUT2D eigenvalue weighted by molar-refractivity contribution is 6.32. The van der Waals surface area contributed by atoms with Gasteiger partial charge in [-0.15, -0.1) is 5.10 Å². The Bertz CT molecular complexity index is 630. The van der Waals surface area contributed by atoms with E-state index < -0.39 is 0 Å². The smallest absolute Gasteiger partial charge is 0.179 e. The normalized spacial score (nSPS) is 14.0. The highest BCUT2D eigenvalue weighted by atomic mass is 35.5. The molecule has 6 nitrogen and oxygen atoms in total. The largest absolute Gasteiger partial charge is 0.489 e. The van der Waals surface area contributed by atoms with Gasteiger partial charge in [0.1, 0.15) is 0 Å². The molecule has 21 heavy (non-hydrogen) atoms. The molecule has 0 saturated heterocycles. The highest BCUT2D eigenvalue weighted by Gasteiger charge is 2.16. The van der Waals surface area contributed by atoms with Crippen molar-refractivity contribution in [3.63, 3.8) is 0 Å². The van der Waals surface area contributed by atoms with E-state index in [9.17, 15) is 0 Å². The van der Waals surface area contributed by atoms with Crippen molar-refractivity contribution in [2.45, 2.75) is 19.4 Å². The molecule has 0 amide bonds. The molecule has 3 rings (SSSR count). The maximum atomic E-state index is 8.89. The lowest BCUT2D eigenvalue weighted by Gasteiger charge is -2.11. The average Bonchev–Trinajstić information content (AvgIpc) is 2.74. The summed E-state index contributed by atoms with van der Waals surface area (Å²) in [6.07, 6.45) is 3.16. The number of rotatable bonds is 4. The Morgan fingerprint density at radius 3 is 3.00 bits per heavy atom. The van der Waals surface area contributed by atoms with Crippen LogP contribution in [0.3, 0.4) is 0 Å². The van der Waals surface area contributed by atoms with Gasteiger partial charge >= 0.3 is 0 Å². The molecule has 112 valence electrons. The van der Waals surface area contributed by atoms with Gasteiger partial charge in [0.05, 0.1) is 30.5 Å². The standard InChI is InChI=1S/C14H16ClN3O3/c15-12-6-10(7-13-14(12)21-5-1-4-20-13)8-18-9-11(2-3-19)16-17-18/h6-7,9,19H,1-5,8H2. The van der Waals surface area contributed by atoms with Crippen LogP contribution in [-0.4, -0.2) is 39.9 Å². The Labute approximate surface area is 127 Å². The number of aliphatic hydroxyl groups excluding tert-OH is 1. The van der Waals surface area contributed by atoms with Crippen molar-refractivity contribution < 1.29 is 14.6 Å². The van der Waals surface area contributed by atoms with Crippen molar-refractivity contribution in [2.75, 3.05) is 19.8 Å². The number of hydrogen-bond acceptors (Lipinski definition) is 5. The van der Waals surface area contributed by atoms with Crippen LogP contribution >= 0.6 is 11.6 Å². The third kappa shape index (κ3) is 3.28. The van der Waals surface area contributed by atoms with E-state index in [1.807, 2.05) is 18.3 Å². The minimum Gasteiger partial charge on any atom is -0.489 e. The van der Waals surface area contributed by atoms with Crippen LogP contribution in [0.1, 0.15) is 17.7 Å². The first kappa shape index (κ1) is 14.2. The van der Waals surface area contributed by atoms with Crippen LogP contribution in [0.4, 0.5) is 0 Å². The molecule has 2 aromatic rings. The summed E-state index contributed by atoms with van der Waals surface area (Å²) in [4.78, 5) is 0. The maximum Gasteiger partial charge on any atom is 0.179 e. The highest BCUT2D eigenvalue weighted by Crippen LogP contribution is 2.38. The maximum absolute atomic E-state index is 8.89. The topological polar surface area (TPSA) is 69.4 Å². The summed E-state index contributed by atoms with van der Waals surface area (Å²) < 4.78 is 13.0. The van der Waals surface area contributed by atoms with Crippen molar-refractivity contribution >= 4 is 11.6 Å². The molecule has 0 atom stereocenters. The summed E-state index contributed by atoms with van der Waals surface area (Å²) in [5, 5.41) is 17.5. The zero-order valence-corrected chi connectivity index (χ0v) is 12.2. The van der Waals surface area contributed by atoms with Crippen molar-refractivity contribution in [1.82, 2.24) is 15.0 Å². The van der Waals surface area contributed by atoms with Crippen LogP contribution < -0.4 is 9.47 Å². The van der Waals surface area contributed by atoms with E-state index in [4.69, 9.17) is 26.2 Å². The third-order valence-corrected chi connectivity index (χ3v) is 3.44. The first-order valence-electron chi connectivity index (χ1n) is 6.84. The minimum atomic E-state index is 0.0640. The molecule has 0 spiro atoms. The molecule has 1 aromatic heterocycles. The van der Waals surface area contributed by atoms with Gasteiger partial charge in [0.15, 0.2) is 11.5 Å². The van der Waals surface area contributed by atoms with E-state index in [2.05, 4.69) is 10.3 Å². The molecule has 1 N–H and O–H groups in total. The van der Waals surface area contributed by atoms with Gasteiger partial charge in [-0.25, -0.2) is 4.68 Å². The Morgan fingerprint density at radius 1 is 1.29 bits per heavy atom. The number of benzene rings is 1. The molecule has 0 radical (unpaired) electrons. The second kappa shape index (κ2) is 6.32. The lowest BCUT2D eigenvalue weighted by Crippen LogP contribution is -2.02. The number of ether oxygens (including phenoxy) is 2. The number of aliphatic hydroxyl groups is 1. The molecule has 0 saturated carbocycles. The predicted octanol–water partition coefficient (Wildman–Crippen LogP) is 1.68. The molecule has 0 aliphatic carbocycles. The number of fused-ring (bicyclic) bond motifs is 1. The summed E-state index contributed by atoms with van der Waals surface area (Å²) in [5.41, 5.74) is 1.72. The molecule has 0 unspecified atom stereocenters. The summed E-state index contributed by atoms with van der Waals surface area (Å²) in [6, 6.07) is 3.77. The second-order valence-corrected chi connectivity index (χ2v) is 5.24. The van der Waals surface area contributed by atoms with Crippen molar-refractivity contribution in [3.8, 4) is 11.5 Å². The van der Waals surface area contributed by atoms with E-state index >= 15 is 0 Å². The van der Waals surface area contributed by atoms with Gasteiger partial charge in [0.25, 0.3) is 0 Å². The van der Waals surface area contributed by atoms with Gasteiger partial charge in [-0.1, -0.05) is 16.8 Å². The molecule has 0 bridgehead atoms. The van der Waals surface area contributed by atoms with E-state index in [0.29, 0.717) is 42.7 Å². The van der Waals surface area contributed by atoms with Crippen molar-refractivity contribution in [3.05, 3.63) is 34.6 Å². The van der Waals surface area contributed by atoms with Crippen LogP contribution in [0.2, 0.25) is 5.02 Å². The second-order valence-electron chi connectivity index (χ2n) is 4.84. The van der Waals surface area contributed by atoms with Gasteiger partial charge in [-0.05, 0) is 17.7 Å². The van der Waals surface area contributed by atoms with Crippen LogP contribution in [0.15, 0.2) is 18.3 Å².